The van der Waals surface area contributed by atoms with Crippen LogP contribution in [-0.2, 0) is 0 Å². The van der Waals surface area contributed by atoms with Gasteiger partial charge in [-0.15, -0.1) is 0 Å². The lowest BCUT2D eigenvalue weighted by Gasteiger charge is -2.44. The lowest BCUT2D eigenvalue weighted by Crippen LogP contribution is -2.57. The van der Waals surface area contributed by atoms with Crippen LogP contribution in [0.2, 0.25) is 5.15 Å². The number of hydrogen-bond acceptors (Lipinski definition) is 5. The second-order valence-corrected chi connectivity index (χ2v) is 7.69. The number of pyridine rings is 1. The number of carbonyl (C=O) groups is 1. The molecule has 3 aliphatic heterocycles. The van der Waals surface area contributed by atoms with Gasteiger partial charge in [-0.05, 0) is 56.1 Å². The highest BCUT2D eigenvalue weighted by atomic mass is 35.5. The van der Waals surface area contributed by atoms with Crippen molar-refractivity contribution in [3.63, 3.8) is 0 Å². The van der Waals surface area contributed by atoms with Gasteiger partial charge in [-0.2, -0.15) is 0 Å². The molecule has 0 aliphatic carbocycles. The Balaban J connectivity index is 1.39. The first-order valence-corrected chi connectivity index (χ1v) is 9.29. The summed E-state index contributed by atoms with van der Waals surface area (Å²) in [5.74, 6) is 1.21. The molecule has 2 aromatic rings. The Kier molecular flexibility index (Phi) is 4.43. The van der Waals surface area contributed by atoms with Crippen molar-refractivity contribution in [3.8, 4) is 10.8 Å². The number of rotatable bonds is 4. The maximum Gasteiger partial charge on any atom is 0.261 e. The standard InChI is InChI=1S/C17H18ClN3O2S/c18-15-3-1-12(9-19-15)23-16-4-2-14(24-16)17(22)20-13-10-21-7-5-11(13)6-8-21/h1-4,9,11,13H,5-8,10H2,(H,20,22)/t13-/m0/s1. The van der Waals surface area contributed by atoms with Crippen LogP contribution in [0.4, 0.5) is 0 Å². The molecule has 1 N–H and O–H groups in total. The van der Waals surface area contributed by atoms with Crippen molar-refractivity contribution in [2.45, 2.75) is 18.9 Å². The lowest BCUT2D eigenvalue weighted by molar-refractivity contribution is 0.0622. The Hall–Kier alpha value is -1.63. The van der Waals surface area contributed by atoms with Gasteiger partial charge in [0, 0.05) is 12.6 Å². The summed E-state index contributed by atoms with van der Waals surface area (Å²) in [7, 11) is 0. The van der Waals surface area contributed by atoms with E-state index in [1.54, 1.807) is 24.4 Å². The largest absolute Gasteiger partial charge is 0.445 e. The summed E-state index contributed by atoms with van der Waals surface area (Å²) in [6.45, 7) is 3.31. The number of halogens is 1. The fourth-order valence-electron chi connectivity index (χ4n) is 3.40. The summed E-state index contributed by atoms with van der Waals surface area (Å²) in [6.07, 6.45) is 3.94. The van der Waals surface area contributed by atoms with Gasteiger partial charge in [0.05, 0.1) is 11.1 Å². The summed E-state index contributed by atoms with van der Waals surface area (Å²) in [6, 6.07) is 7.31. The first-order chi connectivity index (χ1) is 11.7. The fourth-order valence-corrected chi connectivity index (χ4v) is 4.29. The van der Waals surface area contributed by atoms with Gasteiger partial charge in [-0.1, -0.05) is 22.9 Å². The molecule has 24 heavy (non-hydrogen) atoms. The molecule has 5 heterocycles. The second kappa shape index (κ2) is 6.70. The van der Waals surface area contributed by atoms with E-state index in [1.165, 1.54) is 37.3 Å². The molecule has 2 bridgehead atoms. The summed E-state index contributed by atoms with van der Waals surface area (Å²) >= 11 is 7.10. The van der Waals surface area contributed by atoms with Crippen LogP contribution in [0.15, 0.2) is 30.5 Å². The molecule has 3 saturated heterocycles. The van der Waals surface area contributed by atoms with Crippen LogP contribution in [-0.4, -0.2) is 41.5 Å². The van der Waals surface area contributed by atoms with E-state index in [1.807, 2.05) is 6.07 Å². The highest BCUT2D eigenvalue weighted by molar-refractivity contribution is 7.15. The Bertz CT molecular complexity index is 726. The number of piperidine rings is 3. The number of ether oxygens (including phenoxy) is 1. The normalized spacial score (nSPS) is 25.5. The Morgan fingerprint density at radius 2 is 2.12 bits per heavy atom. The summed E-state index contributed by atoms with van der Waals surface area (Å²) in [5, 5.41) is 4.28. The first kappa shape index (κ1) is 15.9. The number of nitrogens with zero attached hydrogens (tertiary/aromatic N) is 2. The highest BCUT2D eigenvalue weighted by Crippen LogP contribution is 2.31. The molecule has 5 nitrogen and oxygen atoms in total. The highest BCUT2D eigenvalue weighted by Gasteiger charge is 2.35. The average Bonchev–Trinajstić information content (AvgIpc) is 3.07. The van der Waals surface area contributed by atoms with Crippen LogP contribution in [0.5, 0.6) is 10.8 Å². The van der Waals surface area contributed by atoms with Crippen LogP contribution >= 0.6 is 22.9 Å². The second-order valence-electron chi connectivity index (χ2n) is 6.26. The van der Waals surface area contributed by atoms with E-state index in [-0.39, 0.29) is 11.9 Å². The van der Waals surface area contributed by atoms with E-state index in [2.05, 4.69) is 15.2 Å². The molecule has 0 saturated carbocycles. The van der Waals surface area contributed by atoms with Crippen LogP contribution in [0.25, 0.3) is 0 Å². The van der Waals surface area contributed by atoms with Crippen molar-refractivity contribution in [2.24, 2.45) is 5.92 Å². The molecular formula is C17H18ClN3O2S. The van der Waals surface area contributed by atoms with E-state index >= 15 is 0 Å². The number of carbonyl (C=O) groups excluding carboxylic acids is 1. The van der Waals surface area contributed by atoms with E-state index in [9.17, 15) is 4.79 Å². The average molecular weight is 364 g/mol. The fraction of sp³-hybridized carbons (Fsp3) is 0.412. The van der Waals surface area contributed by atoms with Gasteiger partial charge in [0.2, 0.25) is 0 Å². The van der Waals surface area contributed by atoms with E-state index in [0.29, 0.717) is 26.8 Å². The van der Waals surface area contributed by atoms with E-state index in [0.717, 1.165) is 6.54 Å². The molecule has 0 radical (unpaired) electrons. The van der Waals surface area contributed by atoms with Gasteiger partial charge in [0.1, 0.15) is 10.9 Å². The molecule has 0 unspecified atom stereocenters. The molecule has 0 spiro atoms. The zero-order chi connectivity index (χ0) is 16.5. The van der Waals surface area contributed by atoms with Crippen molar-refractivity contribution in [3.05, 3.63) is 40.5 Å². The number of fused-ring (bicyclic) bond motifs is 3. The minimum atomic E-state index is -0.0113. The maximum absolute atomic E-state index is 12.5. The van der Waals surface area contributed by atoms with Gasteiger partial charge < -0.3 is 15.0 Å². The molecular weight excluding hydrogens is 346 g/mol. The summed E-state index contributed by atoms with van der Waals surface area (Å²) in [5.41, 5.74) is 0. The zero-order valence-corrected chi connectivity index (χ0v) is 14.6. The smallest absolute Gasteiger partial charge is 0.261 e. The first-order valence-electron chi connectivity index (χ1n) is 8.10. The number of thiophene rings is 1. The minimum Gasteiger partial charge on any atom is -0.445 e. The third-order valence-corrected chi connectivity index (χ3v) is 5.88. The van der Waals surface area contributed by atoms with Crippen molar-refractivity contribution in [1.82, 2.24) is 15.2 Å². The van der Waals surface area contributed by atoms with Crippen LogP contribution in [0, 0.1) is 5.92 Å². The van der Waals surface area contributed by atoms with Gasteiger partial charge in [-0.3, -0.25) is 4.79 Å². The summed E-state index contributed by atoms with van der Waals surface area (Å²) < 4.78 is 5.71. The van der Waals surface area contributed by atoms with Gasteiger partial charge in [0.25, 0.3) is 5.91 Å². The summed E-state index contributed by atoms with van der Waals surface area (Å²) in [4.78, 5) is 19.6. The third kappa shape index (κ3) is 3.41. The molecule has 126 valence electrons. The Morgan fingerprint density at radius 1 is 1.29 bits per heavy atom. The molecule has 2 aromatic heterocycles. The van der Waals surface area contributed by atoms with Crippen LogP contribution < -0.4 is 10.1 Å². The number of nitrogens with one attached hydrogen (secondary N) is 1. The Morgan fingerprint density at radius 3 is 2.79 bits per heavy atom. The predicted octanol–water partition coefficient (Wildman–Crippen LogP) is 3.41. The molecule has 1 amide bonds. The van der Waals surface area contributed by atoms with Gasteiger partial charge in [-0.25, -0.2) is 4.98 Å². The molecule has 1 atom stereocenters. The molecule has 7 heteroatoms. The third-order valence-electron chi connectivity index (χ3n) is 4.70. The molecule has 0 aromatic carbocycles. The number of aromatic nitrogens is 1. The van der Waals surface area contributed by atoms with E-state index in [4.69, 9.17) is 16.3 Å². The lowest BCUT2D eigenvalue weighted by atomic mass is 9.84. The van der Waals surface area contributed by atoms with Crippen LogP contribution in [0.3, 0.4) is 0 Å². The molecule has 3 fully saturated rings. The van der Waals surface area contributed by atoms with Gasteiger partial charge in [0.15, 0.2) is 5.06 Å². The predicted molar refractivity (Wildman–Crippen MR) is 94.1 cm³/mol. The van der Waals surface area contributed by atoms with Crippen molar-refractivity contribution in [2.75, 3.05) is 19.6 Å². The number of hydrogen-bond donors (Lipinski definition) is 1. The SMILES string of the molecule is O=C(N[C@H]1CN2CCC1CC2)c1ccc(Oc2ccc(Cl)nc2)s1. The quantitative estimate of drug-likeness (QED) is 0.846. The molecule has 5 rings (SSSR count). The molecule has 3 aliphatic rings. The maximum atomic E-state index is 12.5. The van der Waals surface area contributed by atoms with Gasteiger partial charge >= 0.3 is 0 Å². The van der Waals surface area contributed by atoms with E-state index < -0.39 is 0 Å². The van der Waals surface area contributed by atoms with Crippen LogP contribution in [0.1, 0.15) is 22.5 Å². The van der Waals surface area contributed by atoms with Crippen molar-refractivity contribution >= 4 is 28.8 Å². The zero-order valence-electron chi connectivity index (χ0n) is 13.1. The minimum absolute atomic E-state index is 0.0113. The van der Waals surface area contributed by atoms with Crippen molar-refractivity contribution in [1.29, 1.82) is 0 Å². The number of amides is 1. The van der Waals surface area contributed by atoms with Crippen molar-refractivity contribution < 1.29 is 9.53 Å². The Labute approximate surface area is 149 Å². The monoisotopic (exact) mass is 363 g/mol. The topological polar surface area (TPSA) is 54.5 Å².